The molecule has 0 spiro atoms. The van der Waals surface area contributed by atoms with Crippen LogP contribution in [-0.2, 0) is 35.3 Å². The van der Waals surface area contributed by atoms with Crippen LogP contribution in [0.5, 0.6) is 0 Å². The lowest BCUT2D eigenvalue weighted by Gasteiger charge is -2.24. The molecule has 0 aliphatic carbocycles. The van der Waals surface area contributed by atoms with Crippen LogP contribution in [0.2, 0.25) is 0 Å². The van der Waals surface area contributed by atoms with Gasteiger partial charge in [-0.2, -0.15) is 0 Å². The van der Waals surface area contributed by atoms with Crippen LogP contribution in [0.15, 0.2) is 54.7 Å². The Labute approximate surface area is 244 Å². The minimum Gasteiger partial charge on any atom is -0.480 e. The smallest absolute Gasteiger partial charge is 0.480 e. The summed E-state index contributed by atoms with van der Waals surface area (Å²) in [6.07, 6.45) is 1.28. The van der Waals surface area contributed by atoms with Crippen LogP contribution in [0, 0.1) is 5.41 Å². The maximum absolute atomic E-state index is 12.5. The van der Waals surface area contributed by atoms with Crippen molar-refractivity contribution in [2.45, 2.75) is 58.4 Å². The number of hydrogen-bond donors (Lipinski definition) is 4. The first-order valence-electron chi connectivity index (χ1n) is 13.8. The molecule has 13 nitrogen and oxygen atoms in total. The van der Waals surface area contributed by atoms with Crippen molar-refractivity contribution in [2.75, 3.05) is 31.6 Å². The topological polar surface area (TPSA) is 168 Å². The summed E-state index contributed by atoms with van der Waals surface area (Å²) < 4.78 is 11.0. The van der Waals surface area contributed by atoms with Crippen molar-refractivity contribution in [1.29, 1.82) is 0 Å². The molecule has 13 heteroatoms. The van der Waals surface area contributed by atoms with Crippen molar-refractivity contribution in [1.82, 2.24) is 20.7 Å². The lowest BCUT2D eigenvalue weighted by atomic mass is 9.89. The van der Waals surface area contributed by atoms with E-state index in [9.17, 15) is 24.3 Å². The fraction of sp³-hybridized carbons (Fsp3) is 0.483. The van der Waals surface area contributed by atoms with E-state index in [1.807, 2.05) is 49.4 Å². The van der Waals surface area contributed by atoms with Crippen LogP contribution in [0.4, 0.5) is 10.6 Å². The molecule has 1 aliphatic rings. The first-order chi connectivity index (χ1) is 20.1. The Morgan fingerprint density at radius 3 is 2.52 bits per heavy atom. The Balaban J connectivity index is 1.51. The highest BCUT2D eigenvalue weighted by Gasteiger charge is 2.36. The summed E-state index contributed by atoms with van der Waals surface area (Å²) in [6.45, 7) is 5.22. The van der Waals surface area contributed by atoms with Crippen LogP contribution in [0.1, 0.15) is 39.2 Å². The molecule has 1 aliphatic heterocycles. The van der Waals surface area contributed by atoms with Gasteiger partial charge in [0.05, 0.1) is 18.7 Å². The number of rotatable bonds is 15. The second-order valence-corrected chi connectivity index (χ2v) is 10.5. The predicted octanol–water partition coefficient (Wildman–Crippen LogP) is 2.34. The number of aromatic nitrogens is 1. The quantitative estimate of drug-likeness (QED) is 0.226. The molecule has 2 amide bonds. The molecule has 3 rings (SSSR count). The molecular weight excluding hydrogens is 546 g/mol. The van der Waals surface area contributed by atoms with Crippen LogP contribution in [-0.4, -0.2) is 83.5 Å². The van der Waals surface area contributed by atoms with Gasteiger partial charge >= 0.3 is 12.1 Å². The lowest BCUT2D eigenvalue weighted by molar-refractivity contribution is -0.144. The van der Waals surface area contributed by atoms with E-state index >= 15 is 0 Å². The van der Waals surface area contributed by atoms with Gasteiger partial charge in [0, 0.05) is 24.7 Å². The number of nitrogens with zero attached hydrogens (tertiary/aromatic N) is 2. The van der Waals surface area contributed by atoms with E-state index in [-0.39, 0.29) is 32.3 Å². The predicted molar refractivity (Wildman–Crippen MR) is 152 cm³/mol. The zero-order valence-electron chi connectivity index (χ0n) is 24.1. The van der Waals surface area contributed by atoms with Crippen molar-refractivity contribution in [3.05, 3.63) is 60.3 Å². The maximum Gasteiger partial charge on any atom is 0.528 e. The number of pyridine rings is 1. The molecule has 1 fully saturated rings. The monoisotopic (exact) mass is 585 g/mol. The van der Waals surface area contributed by atoms with E-state index in [2.05, 4.69) is 20.9 Å². The number of hydroxylamine groups is 2. The summed E-state index contributed by atoms with van der Waals surface area (Å²) in [5.74, 6) is -1.57. The van der Waals surface area contributed by atoms with Crippen LogP contribution < -0.4 is 16.0 Å². The Kier molecular flexibility index (Phi) is 12.1. The first kappa shape index (κ1) is 32.3. The zero-order valence-corrected chi connectivity index (χ0v) is 24.1. The highest BCUT2D eigenvalue weighted by molar-refractivity contribution is 5.87. The number of carboxylic acid groups (broad SMARTS) is 1. The second kappa shape index (κ2) is 15.7. The number of benzene rings is 1. The Morgan fingerprint density at radius 1 is 1.12 bits per heavy atom. The van der Waals surface area contributed by atoms with Gasteiger partial charge in [-0.3, -0.25) is 9.59 Å². The van der Waals surface area contributed by atoms with E-state index in [1.165, 1.54) is 5.06 Å². The van der Waals surface area contributed by atoms with Crippen molar-refractivity contribution in [3.63, 3.8) is 0 Å². The fourth-order valence-electron chi connectivity index (χ4n) is 3.97. The second-order valence-electron chi connectivity index (χ2n) is 10.5. The number of amides is 2. The minimum atomic E-state index is -1.29. The standard InChI is InChI=1S/C29H39N5O8/c1-4-29(2,3)27(38)33-23(26(36)37)16-32-25(35)19-40-22-14-21(15-31-24-12-8-9-13-30-24)34(17-22)42-28(39)41-18-20-10-6-5-7-11-20/h5-13,21-23H,4,14-19H2,1-3H3,(H,30,31)(H,32,35)(H,33,38)(H,36,37). The third kappa shape index (κ3) is 10.3. The third-order valence-electron chi connectivity index (χ3n) is 6.96. The summed E-state index contributed by atoms with van der Waals surface area (Å²) >= 11 is 0. The number of carboxylic acids is 1. The van der Waals surface area contributed by atoms with Crippen molar-refractivity contribution in [2.24, 2.45) is 5.41 Å². The highest BCUT2D eigenvalue weighted by Crippen LogP contribution is 2.22. The molecule has 228 valence electrons. The van der Waals surface area contributed by atoms with Gasteiger partial charge in [0.25, 0.3) is 0 Å². The molecule has 1 aromatic carbocycles. The molecular formula is C29H39N5O8. The van der Waals surface area contributed by atoms with Crippen LogP contribution >= 0.6 is 0 Å². The number of hydrogen-bond acceptors (Lipinski definition) is 10. The van der Waals surface area contributed by atoms with Crippen molar-refractivity contribution in [3.8, 4) is 0 Å². The molecule has 0 bridgehead atoms. The summed E-state index contributed by atoms with van der Waals surface area (Å²) in [5.41, 5.74) is 0.0722. The maximum atomic E-state index is 12.5. The van der Waals surface area contributed by atoms with Gasteiger partial charge in [-0.05, 0) is 30.5 Å². The van der Waals surface area contributed by atoms with E-state index in [0.717, 1.165) is 5.56 Å². The summed E-state index contributed by atoms with van der Waals surface area (Å²) in [7, 11) is 0. The summed E-state index contributed by atoms with van der Waals surface area (Å²) in [4.78, 5) is 58.6. The molecule has 1 saturated heterocycles. The van der Waals surface area contributed by atoms with Gasteiger partial charge in [-0.25, -0.2) is 14.6 Å². The van der Waals surface area contributed by atoms with Crippen LogP contribution in [0.25, 0.3) is 0 Å². The molecule has 4 N–H and O–H groups in total. The normalized spacial score (nSPS) is 17.6. The van der Waals surface area contributed by atoms with Crippen molar-refractivity contribution >= 4 is 29.8 Å². The average Bonchev–Trinajstić information content (AvgIpc) is 3.37. The van der Waals surface area contributed by atoms with E-state index < -0.39 is 41.5 Å². The molecule has 2 aromatic rings. The SMILES string of the molecule is CCC(C)(C)C(=O)NC(CNC(=O)COC1CC(CNc2ccccn2)N(OC(=O)OCc2ccccc2)C1)C(=O)O. The van der Waals surface area contributed by atoms with Gasteiger partial charge in [0.1, 0.15) is 25.1 Å². The first-order valence-corrected chi connectivity index (χ1v) is 13.8. The fourth-order valence-corrected chi connectivity index (χ4v) is 3.97. The van der Waals surface area contributed by atoms with Gasteiger partial charge in [0.2, 0.25) is 11.8 Å². The Hall–Kier alpha value is -4.23. The third-order valence-corrected chi connectivity index (χ3v) is 6.96. The number of aliphatic carboxylic acids is 1. The molecule has 2 heterocycles. The van der Waals surface area contributed by atoms with Gasteiger partial charge in [-0.15, -0.1) is 5.06 Å². The zero-order chi connectivity index (χ0) is 30.5. The van der Waals surface area contributed by atoms with E-state index in [1.54, 1.807) is 26.1 Å². The number of carbonyl (C=O) groups excluding carboxylic acids is 3. The number of nitrogens with one attached hydrogen (secondary N) is 3. The number of anilines is 1. The molecule has 3 unspecified atom stereocenters. The van der Waals surface area contributed by atoms with E-state index in [0.29, 0.717) is 25.2 Å². The Bertz CT molecular complexity index is 1180. The summed E-state index contributed by atoms with van der Waals surface area (Å²) in [6, 6.07) is 13.1. The van der Waals surface area contributed by atoms with Gasteiger partial charge < -0.3 is 35.4 Å². The molecule has 42 heavy (non-hydrogen) atoms. The molecule has 3 atom stereocenters. The van der Waals surface area contributed by atoms with Crippen molar-refractivity contribution < 1.29 is 38.6 Å². The number of carbonyl (C=O) groups is 4. The largest absolute Gasteiger partial charge is 0.528 e. The highest BCUT2D eigenvalue weighted by atomic mass is 16.8. The minimum absolute atomic E-state index is 0.0538. The lowest BCUT2D eigenvalue weighted by Crippen LogP contribution is -2.52. The molecule has 0 saturated carbocycles. The molecule has 1 aromatic heterocycles. The molecule has 0 radical (unpaired) electrons. The van der Waals surface area contributed by atoms with Crippen LogP contribution in [0.3, 0.4) is 0 Å². The van der Waals surface area contributed by atoms with Gasteiger partial charge in [-0.1, -0.05) is 57.2 Å². The van der Waals surface area contributed by atoms with E-state index in [4.69, 9.17) is 14.3 Å². The number of ether oxygens (including phenoxy) is 2. The Morgan fingerprint density at radius 2 is 1.86 bits per heavy atom. The summed E-state index contributed by atoms with van der Waals surface area (Å²) in [5, 5.41) is 19.1. The average molecular weight is 586 g/mol. The van der Waals surface area contributed by atoms with Gasteiger partial charge in [0.15, 0.2) is 0 Å².